The fraction of sp³-hybridized carbons (Fsp3) is 0.833. The van der Waals surface area contributed by atoms with Crippen LogP contribution in [0.1, 0.15) is 40.0 Å². The maximum absolute atomic E-state index is 12.8. The van der Waals surface area contributed by atoms with Crippen molar-refractivity contribution in [3.63, 3.8) is 0 Å². The van der Waals surface area contributed by atoms with E-state index in [4.69, 9.17) is 5.11 Å². The van der Waals surface area contributed by atoms with Crippen molar-refractivity contribution in [1.82, 2.24) is 5.32 Å². The van der Waals surface area contributed by atoms with E-state index >= 15 is 0 Å². The Labute approximate surface area is 109 Å². The number of amides is 1. The highest BCUT2D eigenvalue weighted by molar-refractivity contribution is 5.89. The number of nitrogens with one attached hydrogen (secondary N) is 1. The van der Waals surface area contributed by atoms with Crippen molar-refractivity contribution in [2.45, 2.75) is 51.7 Å². The van der Waals surface area contributed by atoms with E-state index in [2.05, 4.69) is 0 Å². The molecule has 1 aliphatic rings. The van der Waals surface area contributed by atoms with E-state index in [0.29, 0.717) is 13.3 Å². The Balaban J connectivity index is 2.93. The van der Waals surface area contributed by atoms with E-state index in [1.54, 1.807) is 19.2 Å². The molecule has 0 spiro atoms. The average molecular weight is 281 g/mol. The zero-order valence-electron chi connectivity index (χ0n) is 11.1. The van der Waals surface area contributed by atoms with Crippen LogP contribution in [0.3, 0.4) is 0 Å². The van der Waals surface area contributed by atoms with Crippen molar-refractivity contribution in [2.24, 2.45) is 11.3 Å². The molecule has 1 saturated carbocycles. The second-order valence-corrected chi connectivity index (χ2v) is 5.85. The maximum atomic E-state index is 12.8. The summed E-state index contributed by atoms with van der Waals surface area (Å²) in [5.74, 6) is -3.54. The van der Waals surface area contributed by atoms with Gasteiger partial charge in [0.25, 0.3) is 0 Å². The monoisotopic (exact) mass is 281 g/mol. The van der Waals surface area contributed by atoms with Gasteiger partial charge in [-0.05, 0) is 25.2 Å². The van der Waals surface area contributed by atoms with Gasteiger partial charge < -0.3 is 10.4 Å². The Hall–Kier alpha value is -1.27. The van der Waals surface area contributed by atoms with E-state index < -0.39 is 34.9 Å². The highest BCUT2D eigenvalue weighted by Gasteiger charge is 2.59. The normalized spacial score (nSPS) is 25.7. The van der Waals surface area contributed by atoms with Gasteiger partial charge in [0.1, 0.15) is 0 Å². The molecule has 1 aliphatic carbocycles. The zero-order chi connectivity index (χ0) is 15.1. The number of carboxylic acid groups (broad SMARTS) is 1. The summed E-state index contributed by atoms with van der Waals surface area (Å²) < 4.78 is 38.4. The lowest BCUT2D eigenvalue weighted by Crippen LogP contribution is -2.63. The van der Waals surface area contributed by atoms with Crippen LogP contribution in [-0.2, 0) is 9.59 Å². The third-order valence-corrected chi connectivity index (χ3v) is 3.94. The summed E-state index contributed by atoms with van der Waals surface area (Å²) >= 11 is 0. The van der Waals surface area contributed by atoms with Gasteiger partial charge in [-0.15, -0.1) is 0 Å². The maximum Gasteiger partial charge on any atom is 0.422 e. The molecule has 0 bridgehead atoms. The van der Waals surface area contributed by atoms with E-state index in [9.17, 15) is 22.8 Å². The second-order valence-electron chi connectivity index (χ2n) is 5.85. The minimum Gasteiger partial charge on any atom is -0.479 e. The first-order chi connectivity index (χ1) is 8.42. The molecule has 4 nitrogen and oxygen atoms in total. The Kier molecular flexibility index (Phi) is 3.89. The zero-order valence-corrected chi connectivity index (χ0v) is 11.1. The highest BCUT2D eigenvalue weighted by atomic mass is 19.4. The third-order valence-electron chi connectivity index (χ3n) is 3.94. The van der Waals surface area contributed by atoms with Crippen LogP contribution in [0.5, 0.6) is 0 Å². The van der Waals surface area contributed by atoms with Crippen molar-refractivity contribution < 1.29 is 27.9 Å². The van der Waals surface area contributed by atoms with Gasteiger partial charge in [-0.3, -0.25) is 4.79 Å². The number of carboxylic acids is 1. The van der Waals surface area contributed by atoms with Crippen LogP contribution in [0.2, 0.25) is 0 Å². The van der Waals surface area contributed by atoms with Gasteiger partial charge >= 0.3 is 12.1 Å². The summed E-state index contributed by atoms with van der Waals surface area (Å²) in [7, 11) is 0. The van der Waals surface area contributed by atoms with Crippen molar-refractivity contribution in [3.8, 4) is 0 Å². The molecule has 1 fully saturated rings. The summed E-state index contributed by atoms with van der Waals surface area (Å²) in [5.41, 5.74) is -3.65. The Bertz CT molecular complexity index is 392. The molecule has 7 heteroatoms. The van der Waals surface area contributed by atoms with E-state index in [0.717, 1.165) is 12.8 Å². The number of rotatable bonds is 3. The van der Waals surface area contributed by atoms with Gasteiger partial charge in [0.2, 0.25) is 11.4 Å². The lowest BCUT2D eigenvalue weighted by molar-refractivity contribution is -0.207. The van der Waals surface area contributed by atoms with Crippen LogP contribution in [0, 0.1) is 11.3 Å². The number of hydrogen-bond donors (Lipinski definition) is 2. The fourth-order valence-electron chi connectivity index (χ4n) is 2.39. The molecule has 2 N–H and O–H groups in total. The second kappa shape index (κ2) is 4.68. The van der Waals surface area contributed by atoms with Gasteiger partial charge in [-0.25, -0.2) is 4.79 Å². The molecule has 0 aromatic carbocycles. The van der Waals surface area contributed by atoms with Crippen molar-refractivity contribution >= 4 is 11.9 Å². The largest absolute Gasteiger partial charge is 0.479 e. The molecule has 0 heterocycles. The van der Waals surface area contributed by atoms with Gasteiger partial charge in [-0.1, -0.05) is 20.3 Å². The minimum absolute atomic E-state index is 0.408. The molecule has 2 unspecified atom stereocenters. The lowest BCUT2D eigenvalue weighted by Gasteiger charge is -2.32. The standard InChI is InChI=1S/C12H18F3NO3/c1-10(2)6-4-5-7(10)8(17)16-11(3,9(18)19)12(13,14)15/h7H,4-6H2,1-3H3,(H,16,17)(H,18,19). The smallest absolute Gasteiger partial charge is 0.422 e. The van der Waals surface area contributed by atoms with Gasteiger partial charge in [0, 0.05) is 5.92 Å². The fourth-order valence-corrected chi connectivity index (χ4v) is 2.39. The van der Waals surface area contributed by atoms with E-state index in [1.165, 1.54) is 0 Å². The molecule has 1 amide bonds. The predicted octanol–water partition coefficient (Wildman–Crippen LogP) is 2.33. The number of alkyl halides is 3. The summed E-state index contributed by atoms with van der Waals surface area (Å²) in [5, 5.41) is 10.4. The van der Waals surface area contributed by atoms with Gasteiger partial charge in [0.05, 0.1) is 0 Å². The van der Waals surface area contributed by atoms with Crippen LogP contribution in [0.25, 0.3) is 0 Å². The quantitative estimate of drug-likeness (QED) is 0.834. The van der Waals surface area contributed by atoms with Gasteiger partial charge in [-0.2, -0.15) is 13.2 Å². The van der Waals surface area contributed by atoms with Gasteiger partial charge in [0.15, 0.2) is 0 Å². The minimum atomic E-state index is -5.04. The highest BCUT2D eigenvalue weighted by Crippen LogP contribution is 2.43. The van der Waals surface area contributed by atoms with Crippen LogP contribution >= 0.6 is 0 Å². The number of aliphatic carboxylic acids is 1. The molecule has 0 aliphatic heterocycles. The SMILES string of the molecule is CC1(C)CCCC1C(=O)NC(C)(C(=O)O)C(F)(F)F. The third kappa shape index (κ3) is 2.84. The van der Waals surface area contributed by atoms with Crippen molar-refractivity contribution in [2.75, 3.05) is 0 Å². The van der Waals surface area contributed by atoms with Crippen LogP contribution in [0.4, 0.5) is 13.2 Å². The summed E-state index contributed by atoms with van der Waals surface area (Å²) in [6.07, 6.45) is -3.08. The molecule has 2 atom stereocenters. The molecule has 110 valence electrons. The molecule has 1 rings (SSSR count). The Morgan fingerprint density at radius 1 is 1.32 bits per heavy atom. The first kappa shape index (κ1) is 15.8. The molecule has 0 radical (unpaired) electrons. The molecule has 0 aromatic heterocycles. The topological polar surface area (TPSA) is 66.4 Å². The molecule has 19 heavy (non-hydrogen) atoms. The molecule has 0 aromatic rings. The van der Waals surface area contributed by atoms with E-state index in [1.807, 2.05) is 0 Å². The number of halogens is 3. The first-order valence-corrected chi connectivity index (χ1v) is 6.04. The summed E-state index contributed by atoms with van der Waals surface area (Å²) in [4.78, 5) is 22.8. The van der Waals surface area contributed by atoms with E-state index in [-0.39, 0.29) is 0 Å². The van der Waals surface area contributed by atoms with Crippen molar-refractivity contribution in [1.29, 1.82) is 0 Å². The van der Waals surface area contributed by atoms with Crippen molar-refractivity contribution in [3.05, 3.63) is 0 Å². The number of hydrogen-bond acceptors (Lipinski definition) is 2. The van der Waals surface area contributed by atoms with Crippen LogP contribution in [-0.4, -0.2) is 28.7 Å². The first-order valence-electron chi connectivity index (χ1n) is 6.04. The Morgan fingerprint density at radius 3 is 2.16 bits per heavy atom. The predicted molar refractivity (Wildman–Crippen MR) is 61.4 cm³/mol. The Morgan fingerprint density at radius 2 is 1.84 bits per heavy atom. The molecular weight excluding hydrogens is 263 g/mol. The molecular formula is C12H18F3NO3. The lowest BCUT2D eigenvalue weighted by atomic mass is 9.81. The summed E-state index contributed by atoms with van der Waals surface area (Å²) in [6.45, 7) is 4.07. The number of carbonyl (C=O) groups excluding carboxylic acids is 1. The van der Waals surface area contributed by atoms with Crippen LogP contribution < -0.4 is 5.32 Å². The van der Waals surface area contributed by atoms with Crippen LogP contribution in [0.15, 0.2) is 0 Å². The average Bonchev–Trinajstić information content (AvgIpc) is 2.55. The number of carbonyl (C=O) groups is 2. The summed E-state index contributed by atoms with van der Waals surface area (Å²) in [6, 6.07) is 0. The molecule has 0 saturated heterocycles.